The van der Waals surface area contributed by atoms with Crippen LogP contribution in [0.1, 0.15) is 45.3 Å². The van der Waals surface area contributed by atoms with Crippen molar-refractivity contribution in [2.24, 2.45) is 5.41 Å². The predicted octanol–water partition coefficient (Wildman–Crippen LogP) is 4.32. The standard InChI is InChI=1S/C14H21BrO2/c1-14(2,3)8-7-12(16)11-6-5-10(15)9-13(11)17-4/h5-6,9,12,16H,7-8H2,1-4H3. The minimum absolute atomic E-state index is 0.240. The lowest BCUT2D eigenvalue weighted by Crippen LogP contribution is -2.09. The Morgan fingerprint density at radius 2 is 2.00 bits per heavy atom. The summed E-state index contributed by atoms with van der Waals surface area (Å²) in [5.41, 5.74) is 1.10. The molecule has 1 atom stereocenters. The second-order valence-corrected chi connectivity index (χ2v) is 6.42. The molecule has 96 valence electrons. The summed E-state index contributed by atoms with van der Waals surface area (Å²) in [5.74, 6) is 0.737. The van der Waals surface area contributed by atoms with E-state index in [0.717, 1.165) is 28.6 Å². The van der Waals surface area contributed by atoms with Crippen LogP contribution < -0.4 is 4.74 Å². The van der Waals surface area contributed by atoms with E-state index in [-0.39, 0.29) is 5.41 Å². The molecule has 0 fully saturated rings. The molecule has 2 nitrogen and oxygen atoms in total. The summed E-state index contributed by atoms with van der Waals surface area (Å²) in [6.07, 6.45) is 1.27. The van der Waals surface area contributed by atoms with Crippen molar-refractivity contribution in [3.8, 4) is 5.75 Å². The molecule has 1 aromatic carbocycles. The van der Waals surface area contributed by atoms with Gasteiger partial charge in [0.05, 0.1) is 13.2 Å². The molecule has 0 aliphatic heterocycles. The zero-order valence-corrected chi connectivity index (χ0v) is 12.5. The fourth-order valence-electron chi connectivity index (χ4n) is 1.69. The van der Waals surface area contributed by atoms with E-state index in [9.17, 15) is 5.11 Å². The Balaban J connectivity index is 2.78. The van der Waals surface area contributed by atoms with Gasteiger partial charge < -0.3 is 9.84 Å². The first-order valence-electron chi connectivity index (χ1n) is 5.85. The third kappa shape index (κ3) is 4.68. The van der Waals surface area contributed by atoms with Gasteiger partial charge in [-0.2, -0.15) is 0 Å². The highest BCUT2D eigenvalue weighted by Gasteiger charge is 2.17. The highest BCUT2D eigenvalue weighted by molar-refractivity contribution is 9.10. The second-order valence-electron chi connectivity index (χ2n) is 5.50. The number of halogens is 1. The van der Waals surface area contributed by atoms with Gasteiger partial charge in [-0.3, -0.25) is 0 Å². The van der Waals surface area contributed by atoms with Crippen LogP contribution in [0.5, 0.6) is 5.75 Å². The Morgan fingerprint density at radius 3 is 2.53 bits per heavy atom. The average Bonchev–Trinajstić information content (AvgIpc) is 2.24. The van der Waals surface area contributed by atoms with E-state index in [2.05, 4.69) is 36.7 Å². The number of hydrogen-bond donors (Lipinski definition) is 1. The molecule has 17 heavy (non-hydrogen) atoms. The smallest absolute Gasteiger partial charge is 0.125 e. The Bertz CT molecular complexity index is 369. The van der Waals surface area contributed by atoms with Gasteiger partial charge >= 0.3 is 0 Å². The minimum Gasteiger partial charge on any atom is -0.496 e. The molecule has 1 rings (SSSR count). The number of rotatable bonds is 4. The van der Waals surface area contributed by atoms with Gasteiger partial charge in [0.25, 0.3) is 0 Å². The van der Waals surface area contributed by atoms with Crippen molar-refractivity contribution in [1.29, 1.82) is 0 Å². The number of methoxy groups -OCH3 is 1. The van der Waals surface area contributed by atoms with Crippen molar-refractivity contribution in [1.82, 2.24) is 0 Å². The zero-order valence-electron chi connectivity index (χ0n) is 11.0. The molecule has 0 spiro atoms. The van der Waals surface area contributed by atoms with Crippen LogP contribution in [0, 0.1) is 5.41 Å². The van der Waals surface area contributed by atoms with E-state index in [0.29, 0.717) is 0 Å². The number of aliphatic hydroxyl groups is 1. The molecule has 0 bridgehead atoms. The zero-order chi connectivity index (χ0) is 13.1. The van der Waals surface area contributed by atoms with Crippen molar-refractivity contribution < 1.29 is 9.84 Å². The number of hydrogen-bond acceptors (Lipinski definition) is 2. The molecule has 0 aliphatic carbocycles. The van der Waals surface area contributed by atoms with Crippen molar-refractivity contribution in [3.05, 3.63) is 28.2 Å². The third-order valence-corrected chi connectivity index (χ3v) is 3.22. The molecule has 1 N–H and O–H groups in total. The first kappa shape index (κ1) is 14.5. The molecule has 0 saturated heterocycles. The van der Waals surface area contributed by atoms with Crippen LogP contribution in [0.15, 0.2) is 22.7 Å². The Morgan fingerprint density at radius 1 is 1.35 bits per heavy atom. The topological polar surface area (TPSA) is 29.5 Å². The average molecular weight is 301 g/mol. The Kier molecular flexibility index (Phi) is 5.02. The van der Waals surface area contributed by atoms with Gasteiger partial charge in [0.15, 0.2) is 0 Å². The molecule has 3 heteroatoms. The van der Waals surface area contributed by atoms with Crippen LogP contribution >= 0.6 is 15.9 Å². The Hall–Kier alpha value is -0.540. The monoisotopic (exact) mass is 300 g/mol. The summed E-state index contributed by atoms with van der Waals surface area (Å²) in [6.45, 7) is 6.54. The normalized spacial score (nSPS) is 13.5. The van der Waals surface area contributed by atoms with Gasteiger partial charge in [-0.05, 0) is 30.4 Å². The summed E-state index contributed by atoms with van der Waals surface area (Å²) in [6, 6.07) is 5.73. The second kappa shape index (κ2) is 5.87. The van der Waals surface area contributed by atoms with E-state index < -0.39 is 6.10 Å². The van der Waals surface area contributed by atoms with Crippen molar-refractivity contribution in [3.63, 3.8) is 0 Å². The lowest BCUT2D eigenvalue weighted by atomic mass is 9.88. The first-order chi connectivity index (χ1) is 7.83. The van der Waals surface area contributed by atoms with Crippen LogP contribution in [-0.4, -0.2) is 12.2 Å². The van der Waals surface area contributed by atoms with Gasteiger partial charge in [0.2, 0.25) is 0 Å². The number of ether oxygens (including phenoxy) is 1. The van der Waals surface area contributed by atoms with E-state index in [1.807, 2.05) is 18.2 Å². The number of aliphatic hydroxyl groups excluding tert-OH is 1. The van der Waals surface area contributed by atoms with Gasteiger partial charge in [-0.15, -0.1) is 0 Å². The predicted molar refractivity (Wildman–Crippen MR) is 74.3 cm³/mol. The van der Waals surface area contributed by atoms with Crippen LogP contribution in [0.4, 0.5) is 0 Å². The van der Waals surface area contributed by atoms with Gasteiger partial charge in [0.1, 0.15) is 5.75 Å². The summed E-state index contributed by atoms with van der Waals surface area (Å²) >= 11 is 3.40. The molecule has 0 amide bonds. The van der Waals surface area contributed by atoms with E-state index in [1.165, 1.54) is 0 Å². The molecular weight excluding hydrogens is 280 g/mol. The highest BCUT2D eigenvalue weighted by atomic mass is 79.9. The largest absolute Gasteiger partial charge is 0.496 e. The fourth-order valence-corrected chi connectivity index (χ4v) is 2.03. The van der Waals surface area contributed by atoms with Crippen molar-refractivity contribution in [2.45, 2.75) is 39.7 Å². The first-order valence-corrected chi connectivity index (χ1v) is 6.64. The van der Waals surface area contributed by atoms with Crippen LogP contribution in [0.2, 0.25) is 0 Å². The maximum atomic E-state index is 10.2. The molecule has 1 aromatic rings. The van der Waals surface area contributed by atoms with Crippen LogP contribution in [0.3, 0.4) is 0 Å². The summed E-state index contributed by atoms with van der Waals surface area (Å²) in [5, 5.41) is 10.2. The SMILES string of the molecule is COc1cc(Br)ccc1C(O)CCC(C)(C)C. The third-order valence-electron chi connectivity index (χ3n) is 2.72. The molecule has 0 aromatic heterocycles. The molecule has 0 aliphatic rings. The van der Waals surface area contributed by atoms with Crippen LogP contribution in [-0.2, 0) is 0 Å². The van der Waals surface area contributed by atoms with Crippen molar-refractivity contribution in [2.75, 3.05) is 7.11 Å². The fraction of sp³-hybridized carbons (Fsp3) is 0.571. The summed E-state index contributed by atoms with van der Waals surface area (Å²) < 4.78 is 6.25. The molecule has 0 heterocycles. The molecule has 0 saturated carbocycles. The maximum absolute atomic E-state index is 10.2. The lowest BCUT2D eigenvalue weighted by molar-refractivity contribution is 0.144. The quantitative estimate of drug-likeness (QED) is 0.897. The van der Waals surface area contributed by atoms with E-state index in [4.69, 9.17) is 4.74 Å². The van der Waals surface area contributed by atoms with E-state index >= 15 is 0 Å². The molecular formula is C14H21BrO2. The van der Waals surface area contributed by atoms with Gasteiger partial charge in [-0.1, -0.05) is 42.8 Å². The number of benzene rings is 1. The molecule has 1 unspecified atom stereocenters. The van der Waals surface area contributed by atoms with E-state index in [1.54, 1.807) is 7.11 Å². The van der Waals surface area contributed by atoms with Crippen LogP contribution in [0.25, 0.3) is 0 Å². The molecule has 0 radical (unpaired) electrons. The lowest BCUT2D eigenvalue weighted by Gasteiger charge is -2.21. The summed E-state index contributed by atoms with van der Waals surface area (Å²) in [4.78, 5) is 0. The van der Waals surface area contributed by atoms with Gasteiger partial charge in [-0.25, -0.2) is 0 Å². The van der Waals surface area contributed by atoms with Crippen molar-refractivity contribution >= 4 is 15.9 Å². The summed E-state index contributed by atoms with van der Waals surface area (Å²) in [7, 11) is 1.63. The minimum atomic E-state index is -0.461. The highest BCUT2D eigenvalue weighted by Crippen LogP contribution is 2.33. The Labute approximate surface area is 112 Å². The maximum Gasteiger partial charge on any atom is 0.125 e. The van der Waals surface area contributed by atoms with Gasteiger partial charge in [0, 0.05) is 10.0 Å².